The molecule has 1 aromatic heterocycles. The summed E-state index contributed by atoms with van der Waals surface area (Å²) in [6.45, 7) is 3.74. The van der Waals surface area contributed by atoms with Gasteiger partial charge < -0.3 is 5.32 Å². The van der Waals surface area contributed by atoms with Crippen LogP contribution in [0.1, 0.15) is 30.6 Å². The van der Waals surface area contributed by atoms with Crippen LogP contribution in [0.5, 0.6) is 0 Å². The molecule has 0 saturated carbocycles. The Kier molecular flexibility index (Phi) is 5.40. The molecule has 0 fully saturated rings. The first-order chi connectivity index (χ1) is 12.9. The highest BCUT2D eigenvalue weighted by molar-refractivity contribution is 5.97. The molecule has 0 atom stereocenters. The molecule has 138 valence electrons. The molecule has 2 aromatic carbocycles. The molecular formula is C20H20N4O3. The molecule has 0 aliphatic heterocycles. The Morgan fingerprint density at radius 1 is 1.07 bits per heavy atom. The van der Waals surface area contributed by atoms with Gasteiger partial charge in [0.1, 0.15) is 12.1 Å². The zero-order valence-electron chi connectivity index (χ0n) is 15.2. The maximum absolute atomic E-state index is 12.5. The van der Waals surface area contributed by atoms with Crippen LogP contribution in [0.4, 0.5) is 5.69 Å². The molecule has 0 bridgehead atoms. The molecule has 0 aliphatic rings. The summed E-state index contributed by atoms with van der Waals surface area (Å²) in [5, 5.41) is 11.0. The maximum atomic E-state index is 12.5. The van der Waals surface area contributed by atoms with Crippen molar-refractivity contribution in [1.29, 1.82) is 0 Å². The number of carbonyl (C=O) groups is 2. The standard InChI is InChI=1S/C20H20N4O3/c1-13(2)11-19(26)21-15-9-7-14(8-10-15)18(25)12-24-20(27)16-5-3-4-6-17(16)22-23-24/h3-10,13H,11-12H2,1-2H3,(H,21,26). The van der Waals surface area contributed by atoms with Crippen LogP contribution in [0.2, 0.25) is 0 Å². The van der Waals surface area contributed by atoms with Crippen LogP contribution >= 0.6 is 0 Å². The third-order valence-corrected chi connectivity index (χ3v) is 4.01. The van der Waals surface area contributed by atoms with Gasteiger partial charge in [-0.15, -0.1) is 5.10 Å². The number of hydrogen-bond donors (Lipinski definition) is 1. The minimum Gasteiger partial charge on any atom is -0.326 e. The zero-order valence-corrected chi connectivity index (χ0v) is 15.2. The highest BCUT2D eigenvalue weighted by atomic mass is 16.2. The fourth-order valence-corrected chi connectivity index (χ4v) is 2.68. The second kappa shape index (κ2) is 7.90. The summed E-state index contributed by atoms with van der Waals surface area (Å²) in [5.41, 5.74) is 1.19. The number of benzene rings is 2. The first-order valence-corrected chi connectivity index (χ1v) is 8.69. The van der Waals surface area contributed by atoms with Crippen molar-refractivity contribution in [3.63, 3.8) is 0 Å². The molecule has 0 saturated heterocycles. The number of fused-ring (bicyclic) bond motifs is 1. The zero-order chi connectivity index (χ0) is 19.4. The first-order valence-electron chi connectivity index (χ1n) is 8.69. The predicted octanol–water partition coefficient (Wildman–Crippen LogP) is 2.66. The molecule has 0 radical (unpaired) electrons. The van der Waals surface area contributed by atoms with Gasteiger partial charge in [0.05, 0.1) is 5.39 Å². The molecule has 3 rings (SSSR count). The van der Waals surface area contributed by atoms with Gasteiger partial charge in [-0.3, -0.25) is 14.4 Å². The van der Waals surface area contributed by atoms with E-state index in [0.717, 1.165) is 4.68 Å². The van der Waals surface area contributed by atoms with Crippen LogP contribution in [0.25, 0.3) is 10.9 Å². The van der Waals surface area contributed by atoms with Gasteiger partial charge in [-0.05, 0) is 42.3 Å². The molecule has 7 nitrogen and oxygen atoms in total. The Labute approximate surface area is 156 Å². The van der Waals surface area contributed by atoms with E-state index in [-0.39, 0.29) is 29.7 Å². The molecule has 3 aromatic rings. The lowest BCUT2D eigenvalue weighted by atomic mass is 10.1. The van der Waals surface area contributed by atoms with Crippen molar-refractivity contribution in [3.05, 3.63) is 64.4 Å². The minimum absolute atomic E-state index is 0.0675. The van der Waals surface area contributed by atoms with Gasteiger partial charge in [0.2, 0.25) is 5.91 Å². The van der Waals surface area contributed by atoms with E-state index in [4.69, 9.17) is 0 Å². The topological polar surface area (TPSA) is 93.9 Å². The van der Waals surface area contributed by atoms with Gasteiger partial charge in [-0.25, -0.2) is 4.68 Å². The highest BCUT2D eigenvalue weighted by Gasteiger charge is 2.12. The largest absolute Gasteiger partial charge is 0.326 e. The van der Waals surface area contributed by atoms with Crippen LogP contribution in [-0.2, 0) is 11.3 Å². The number of carbonyl (C=O) groups excluding carboxylic acids is 2. The quantitative estimate of drug-likeness (QED) is 0.679. The van der Waals surface area contributed by atoms with Gasteiger partial charge in [-0.1, -0.05) is 31.2 Å². The number of nitrogens with one attached hydrogen (secondary N) is 1. The summed E-state index contributed by atoms with van der Waals surface area (Å²) < 4.78 is 1.06. The lowest BCUT2D eigenvalue weighted by Crippen LogP contribution is -2.27. The molecule has 1 amide bonds. The summed E-state index contributed by atoms with van der Waals surface area (Å²) >= 11 is 0. The molecule has 0 aliphatic carbocycles. The number of aromatic nitrogens is 3. The summed E-state index contributed by atoms with van der Waals surface area (Å²) in [6, 6.07) is 13.4. The molecule has 0 spiro atoms. The molecular weight excluding hydrogens is 344 g/mol. The van der Waals surface area contributed by atoms with E-state index in [1.807, 2.05) is 13.8 Å². The van der Waals surface area contributed by atoms with Gasteiger partial charge in [0.15, 0.2) is 5.78 Å². The van der Waals surface area contributed by atoms with E-state index in [2.05, 4.69) is 15.6 Å². The third-order valence-electron chi connectivity index (χ3n) is 4.01. The van der Waals surface area contributed by atoms with E-state index in [1.54, 1.807) is 48.5 Å². The van der Waals surface area contributed by atoms with Crippen molar-refractivity contribution < 1.29 is 9.59 Å². The number of nitrogens with zero attached hydrogens (tertiary/aromatic N) is 3. The van der Waals surface area contributed by atoms with E-state index >= 15 is 0 Å². The SMILES string of the molecule is CC(C)CC(=O)Nc1ccc(C(=O)Cn2nnc3ccccc3c2=O)cc1. The van der Waals surface area contributed by atoms with Gasteiger partial charge >= 0.3 is 0 Å². The van der Waals surface area contributed by atoms with E-state index in [0.29, 0.717) is 28.6 Å². The Hall–Kier alpha value is -3.35. The molecule has 7 heteroatoms. The third kappa shape index (κ3) is 4.44. The Morgan fingerprint density at radius 2 is 1.78 bits per heavy atom. The smallest absolute Gasteiger partial charge is 0.278 e. The van der Waals surface area contributed by atoms with Crippen molar-refractivity contribution >= 4 is 28.3 Å². The lowest BCUT2D eigenvalue weighted by Gasteiger charge is -2.08. The second-order valence-electron chi connectivity index (χ2n) is 6.72. The van der Waals surface area contributed by atoms with Crippen molar-refractivity contribution in [2.45, 2.75) is 26.8 Å². The van der Waals surface area contributed by atoms with E-state index < -0.39 is 0 Å². The Bertz CT molecular complexity index is 1040. The number of rotatable bonds is 6. The summed E-state index contributed by atoms with van der Waals surface area (Å²) in [7, 11) is 0. The number of anilines is 1. The minimum atomic E-state index is -0.355. The summed E-state index contributed by atoms with van der Waals surface area (Å²) in [6.07, 6.45) is 0.435. The predicted molar refractivity (Wildman–Crippen MR) is 103 cm³/mol. The van der Waals surface area contributed by atoms with Crippen LogP contribution in [0.3, 0.4) is 0 Å². The maximum Gasteiger partial charge on any atom is 0.278 e. The number of ketones is 1. The summed E-state index contributed by atoms with van der Waals surface area (Å²) in [4.78, 5) is 36.7. The first kappa shape index (κ1) is 18.4. The van der Waals surface area contributed by atoms with Crippen LogP contribution in [0.15, 0.2) is 53.3 Å². The number of hydrogen-bond acceptors (Lipinski definition) is 5. The molecule has 1 N–H and O–H groups in total. The molecule has 0 unspecified atom stereocenters. The second-order valence-corrected chi connectivity index (χ2v) is 6.72. The monoisotopic (exact) mass is 364 g/mol. The van der Waals surface area contributed by atoms with Crippen molar-refractivity contribution in [2.24, 2.45) is 5.92 Å². The fraction of sp³-hybridized carbons (Fsp3) is 0.250. The average molecular weight is 364 g/mol. The number of amides is 1. The normalized spacial score (nSPS) is 10.9. The van der Waals surface area contributed by atoms with Gasteiger partial charge in [0, 0.05) is 17.7 Å². The van der Waals surface area contributed by atoms with Gasteiger partial charge in [-0.2, -0.15) is 0 Å². The van der Waals surface area contributed by atoms with Crippen molar-refractivity contribution in [1.82, 2.24) is 15.0 Å². The molecule has 27 heavy (non-hydrogen) atoms. The van der Waals surface area contributed by atoms with E-state index in [9.17, 15) is 14.4 Å². The van der Waals surface area contributed by atoms with Crippen LogP contribution < -0.4 is 10.9 Å². The fourth-order valence-electron chi connectivity index (χ4n) is 2.68. The van der Waals surface area contributed by atoms with Crippen molar-refractivity contribution in [2.75, 3.05) is 5.32 Å². The van der Waals surface area contributed by atoms with E-state index in [1.165, 1.54) is 0 Å². The average Bonchev–Trinajstić information content (AvgIpc) is 2.64. The van der Waals surface area contributed by atoms with Crippen molar-refractivity contribution in [3.8, 4) is 0 Å². The highest BCUT2D eigenvalue weighted by Crippen LogP contribution is 2.12. The Morgan fingerprint density at radius 3 is 2.48 bits per heavy atom. The molecule has 1 heterocycles. The van der Waals surface area contributed by atoms with Crippen LogP contribution in [-0.4, -0.2) is 26.7 Å². The Balaban J connectivity index is 1.72. The number of Topliss-reactive ketones (excluding diaryl/α,β-unsaturated/α-hetero) is 1. The lowest BCUT2D eigenvalue weighted by molar-refractivity contribution is -0.116. The van der Waals surface area contributed by atoms with Crippen LogP contribution in [0, 0.1) is 5.92 Å². The van der Waals surface area contributed by atoms with Gasteiger partial charge in [0.25, 0.3) is 5.56 Å². The summed E-state index contributed by atoms with van der Waals surface area (Å²) in [5.74, 6) is -0.0592.